The summed E-state index contributed by atoms with van der Waals surface area (Å²) in [4.78, 5) is 0. The summed E-state index contributed by atoms with van der Waals surface area (Å²) < 4.78 is 6.00. The van der Waals surface area contributed by atoms with E-state index < -0.39 is 8.32 Å². The summed E-state index contributed by atoms with van der Waals surface area (Å²) in [6.07, 6.45) is 4.47. The molecule has 0 heterocycles. The van der Waals surface area contributed by atoms with Crippen LogP contribution >= 0.6 is 0 Å². The van der Waals surface area contributed by atoms with Crippen molar-refractivity contribution >= 4 is 8.32 Å². The number of hydrogen-bond donors (Lipinski definition) is 0. The first kappa shape index (κ1) is 15.7. The highest BCUT2D eigenvalue weighted by Gasteiger charge is 2.22. The first-order valence-electron chi connectivity index (χ1n) is 6.38. The van der Waals surface area contributed by atoms with E-state index in [1.807, 2.05) is 13.8 Å². The molecule has 0 atom stereocenters. The fourth-order valence-electron chi connectivity index (χ4n) is 1.59. The van der Waals surface area contributed by atoms with Crippen molar-refractivity contribution < 1.29 is 4.43 Å². The monoisotopic (exact) mass is 241 g/mol. The third-order valence-electron chi connectivity index (χ3n) is 2.87. The maximum Gasteiger partial charge on any atom is 0.186 e. The molecule has 0 aromatic rings. The summed E-state index contributed by atoms with van der Waals surface area (Å²) in [7, 11) is -1.41. The molecule has 0 N–H and O–H groups in total. The Balaban J connectivity index is 3.70. The first-order chi connectivity index (χ1) is 7.33. The normalized spacial score (nSPS) is 12.5. The van der Waals surface area contributed by atoms with Gasteiger partial charge in [0.25, 0.3) is 0 Å². The van der Waals surface area contributed by atoms with Crippen molar-refractivity contribution in [3.05, 3.63) is 0 Å². The van der Waals surface area contributed by atoms with E-state index in [4.69, 9.17) is 9.69 Å². The van der Waals surface area contributed by atoms with Gasteiger partial charge < -0.3 is 4.43 Å². The van der Waals surface area contributed by atoms with Crippen LogP contribution < -0.4 is 0 Å². The summed E-state index contributed by atoms with van der Waals surface area (Å²) >= 11 is 0. The molecule has 16 heavy (non-hydrogen) atoms. The van der Waals surface area contributed by atoms with Crippen LogP contribution in [-0.4, -0.2) is 14.9 Å². The predicted octanol–water partition coefficient (Wildman–Crippen LogP) is 4.34. The minimum absolute atomic E-state index is 0.196. The molecule has 0 rings (SSSR count). The zero-order valence-electron chi connectivity index (χ0n) is 11.6. The lowest BCUT2D eigenvalue weighted by atomic mass is 9.90. The van der Waals surface area contributed by atoms with Gasteiger partial charge in [-0.25, -0.2) is 0 Å². The van der Waals surface area contributed by atoms with Gasteiger partial charge in [0.15, 0.2) is 8.32 Å². The Morgan fingerprint density at radius 3 is 2.38 bits per heavy atom. The number of nitriles is 1. The largest absolute Gasteiger partial charge is 0.417 e. The van der Waals surface area contributed by atoms with Crippen LogP contribution in [0.2, 0.25) is 19.1 Å². The molecule has 0 aliphatic carbocycles. The zero-order valence-corrected chi connectivity index (χ0v) is 12.6. The summed E-state index contributed by atoms with van der Waals surface area (Å²) in [6.45, 7) is 11.6. The van der Waals surface area contributed by atoms with Gasteiger partial charge in [-0.2, -0.15) is 5.26 Å². The lowest BCUT2D eigenvalue weighted by molar-refractivity contribution is 0.274. The average molecular weight is 241 g/mol. The van der Waals surface area contributed by atoms with E-state index in [0.29, 0.717) is 0 Å². The van der Waals surface area contributed by atoms with Crippen molar-refractivity contribution in [3.63, 3.8) is 0 Å². The molecule has 0 radical (unpaired) electrons. The molecule has 0 unspecified atom stereocenters. The molecule has 94 valence electrons. The van der Waals surface area contributed by atoms with Crippen LogP contribution in [0.4, 0.5) is 0 Å². The van der Waals surface area contributed by atoms with Gasteiger partial charge in [0.2, 0.25) is 0 Å². The van der Waals surface area contributed by atoms with Crippen LogP contribution in [0.15, 0.2) is 0 Å². The van der Waals surface area contributed by atoms with E-state index in [-0.39, 0.29) is 5.41 Å². The van der Waals surface area contributed by atoms with E-state index in [2.05, 4.69) is 26.1 Å². The highest BCUT2D eigenvalue weighted by molar-refractivity contribution is 6.71. The molecule has 0 fully saturated rings. The molecule has 0 saturated heterocycles. The summed E-state index contributed by atoms with van der Waals surface area (Å²) in [5.74, 6) is 0. The minimum Gasteiger partial charge on any atom is -0.417 e. The Bertz CT molecular complexity index is 231. The number of nitrogens with zero attached hydrogens (tertiary/aromatic N) is 1. The highest BCUT2D eigenvalue weighted by atomic mass is 28.4. The van der Waals surface area contributed by atoms with Gasteiger partial charge in [-0.15, -0.1) is 0 Å². The van der Waals surface area contributed by atoms with Gasteiger partial charge >= 0.3 is 0 Å². The Hall–Kier alpha value is -0.333. The molecule has 3 heteroatoms. The molecule has 0 aliphatic rings. The maximum atomic E-state index is 8.89. The van der Waals surface area contributed by atoms with Gasteiger partial charge in [0, 0.05) is 6.61 Å². The van der Waals surface area contributed by atoms with Gasteiger partial charge in [0.05, 0.1) is 11.5 Å². The minimum atomic E-state index is -1.41. The molecule has 0 amide bonds. The Kier molecular flexibility index (Phi) is 6.94. The molecule has 0 aliphatic heterocycles. The van der Waals surface area contributed by atoms with Gasteiger partial charge in [-0.1, -0.05) is 19.8 Å². The second kappa shape index (κ2) is 7.08. The molecule has 0 saturated carbocycles. The fraction of sp³-hybridized carbons (Fsp3) is 0.923. The van der Waals surface area contributed by atoms with Crippen molar-refractivity contribution in [1.29, 1.82) is 5.26 Å². The number of rotatable bonds is 8. The Morgan fingerprint density at radius 2 is 1.88 bits per heavy atom. The van der Waals surface area contributed by atoms with Crippen LogP contribution in [-0.2, 0) is 4.43 Å². The highest BCUT2D eigenvalue weighted by Crippen LogP contribution is 2.22. The van der Waals surface area contributed by atoms with Crippen LogP contribution in [0.5, 0.6) is 0 Å². The lowest BCUT2D eigenvalue weighted by Gasteiger charge is -2.23. The smallest absolute Gasteiger partial charge is 0.186 e. The SMILES string of the molecule is CCCC[Si](C)(C)OCCCC(C)(C)C#N. The number of unbranched alkanes of at least 4 members (excludes halogenated alkanes) is 1. The quantitative estimate of drug-likeness (QED) is 0.468. The van der Waals surface area contributed by atoms with Crippen molar-refractivity contribution in [2.24, 2.45) is 5.41 Å². The molecule has 0 aromatic carbocycles. The second-order valence-electron chi connectivity index (χ2n) is 5.81. The van der Waals surface area contributed by atoms with E-state index in [9.17, 15) is 0 Å². The predicted molar refractivity (Wildman–Crippen MR) is 71.8 cm³/mol. The maximum absolute atomic E-state index is 8.89. The van der Waals surface area contributed by atoms with E-state index in [1.54, 1.807) is 0 Å². The van der Waals surface area contributed by atoms with Crippen LogP contribution in [0, 0.1) is 16.7 Å². The second-order valence-corrected chi connectivity index (χ2v) is 10.1. The first-order valence-corrected chi connectivity index (χ1v) is 9.50. The van der Waals surface area contributed by atoms with Crippen molar-refractivity contribution in [2.45, 2.75) is 65.6 Å². The average Bonchev–Trinajstić information content (AvgIpc) is 2.22. The molecule has 0 spiro atoms. The van der Waals surface area contributed by atoms with Gasteiger partial charge in [-0.05, 0) is 45.8 Å². The van der Waals surface area contributed by atoms with E-state index in [1.165, 1.54) is 18.9 Å². The fourth-order valence-corrected chi connectivity index (χ4v) is 3.64. The third kappa shape index (κ3) is 7.89. The topological polar surface area (TPSA) is 33.0 Å². The Morgan fingerprint density at radius 1 is 1.25 bits per heavy atom. The van der Waals surface area contributed by atoms with E-state index >= 15 is 0 Å². The van der Waals surface area contributed by atoms with Crippen molar-refractivity contribution in [3.8, 4) is 6.07 Å². The molecular formula is C13H27NOSi. The van der Waals surface area contributed by atoms with Gasteiger partial charge in [-0.3, -0.25) is 0 Å². The standard InChI is InChI=1S/C13H27NOSi/c1-6-7-11-16(4,5)15-10-8-9-13(2,3)12-14/h6-11H2,1-5H3. The summed E-state index contributed by atoms with van der Waals surface area (Å²) in [6, 6.07) is 3.58. The van der Waals surface area contributed by atoms with E-state index in [0.717, 1.165) is 19.4 Å². The third-order valence-corrected chi connectivity index (χ3v) is 5.42. The van der Waals surface area contributed by atoms with Crippen LogP contribution in [0.3, 0.4) is 0 Å². The molecule has 0 bridgehead atoms. The van der Waals surface area contributed by atoms with Crippen molar-refractivity contribution in [1.82, 2.24) is 0 Å². The van der Waals surface area contributed by atoms with Crippen molar-refractivity contribution in [2.75, 3.05) is 6.61 Å². The number of hydrogen-bond acceptors (Lipinski definition) is 2. The van der Waals surface area contributed by atoms with Gasteiger partial charge in [0.1, 0.15) is 0 Å². The Labute approximate surface area is 102 Å². The molecular weight excluding hydrogens is 214 g/mol. The zero-order chi connectivity index (χ0) is 12.7. The summed E-state index contributed by atoms with van der Waals surface area (Å²) in [5, 5.41) is 8.89. The van der Waals surface area contributed by atoms with Crippen LogP contribution in [0.25, 0.3) is 0 Å². The lowest BCUT2D eigenvalue weighted by Crippen LogP contribution is -2.30. The van der Waals surface area contributed by atoms with Crippen LogP contribution in [0.1, 0.15) is 46.5 Å². The molecule has 2 nitrogen and oxygen atoms in total. The summed E-state index contributed by atoms with van der Waals surface area (Å²) in [5.41, 5.74) is -0.196. The molecule has 0 aromatic heterocycles.